The molecule has 2 aliphatic rings. The molecular weight excluding hydrogens is 489 g/mol. The van der Waals surface area contributed by atoms with Crippen LogP contribution < -0.4 is 5.32 Å². The van der Waals surface area contributed by atoms with Gasteiger partial charge in [0.2, 0.25) is 16.0 Å². The minimum atomic E-state index is -4.51. The summed E-state index contributed by atoms with van der Waals surface area (Å²) < 4.78 is 68.9. The molecule has 0 unspecified atom stereocenters. The lowest BCUT2D eigenvalue weighted by Crippen LogP contribution is -2.39. The van der Waals surface area contributed by atoms with Gasteiger partial charge in [0, 0.05) is 30.9 Å². The molecule has 0 radical (unpaired) electrons. The fourth-order valence-corrected chi connectivity index (χ4v) is 6.91. The topological polar surface area (TPSA) is 75.2 Å². The molecule has 1 aromatic carbocycles. The van der Waals surface area contributed by atoms with E-state index in [0.717, 1.165) is 38.3 Å². The molecule has 1 aromatic heterocycles. The van der Waals surface area contributed by atoms with E-state index in [1.54, 1.807) is 23.4 Å². The van der Waals surface area contributed by atoms with Crippen molar-refractivity contribution in [2.75, 3.05) is 18.4 Å². The molecule has 2 aromatic rings. The maximum Gasteiger partial charge on any atom is 0.419 e. The molecule has 1 aliphatic heterocycles. The Hall–Kier alpha value is -2.20. The second-order valence-corrected chi connectivity index (χ2v) is 12.4. The van der Waals surface area contributed by atoms with E-state index in [4.69, 9.17) is 0 Å². The number of hydrogen-bond acceptors (Lipinski definition) is 5. The van der Waals surface area contributed by atoms with E-state index < -0.39 is 21.8 Å². The summed E-state index contributed by atoms with van der Waals surface area (Å²) in [7, 11) is -3.62. The normalized spacial score (nSPS) is 19.1. The Morgan fingerprint density at radius 2 is 1.72 bits per heavy atom. The first-order valence-corrected chi connectivity index (χ1v) is 14.2. The Kier molecular flexibility index (Phi) is 7.95. The van der Waals surface area contributed by atoms with Crippen LogP contribution in [0.3, 0.4) is 0 Å². The zero-order valence-corrected chi connectivity index (χ0v) is 21.9. The molecule has 1 saturated carbocycles. The first kappa shape index (κ1) is 26.9. The summed E-state index contributed by atoms with van der Waals surface area (Å²) >= 11 is 0. The van der Waals surface area contributed by atoms with Crippen molar-refractivity contribution in [3.8, 4) is 0 Å². The number of halogens is 3. The minimum Gasteiger partial charge on any atom is -0.324 e. The van der Waals surface area contributed by atoms with Gasteiger partial charge in [0.25, 0.3) is 0 Å². The summed E-state index contributed by atoms with van der Waals surface area (Å²) in [6.07, 6.45) is 2.21. The molecule has 1 aliphatic carbocycles. The summed E-state index contributed by atoms with van der Waals surface area (Å²) in [6, 6.07) is 4.76. The highest BCUT2D eigenvalue weighted by atomic mass is 32.2. The first-order valence-electron chi connectivity index (χ1n) is 12.8. The number of hydrogen-bond donors (Lipinski definition) is 1. The van der Waals surface area contributed by atoms with Gasteiger partial charge < -0.3 is 5.32 Å². The van der Waals surface area contributed by atoms with Crippen molar-refractivity contribution in [3.05, 3.63) is 41.2 Å². The lowest BCUT2D eigenvalue weighted by Gasteiger charge is -2.33. The number of aryl methyl sites for hydroxylation is 1. The van der Waals surface area contributed by atoms with Gasteiger partial charge in [-0.3, -0.25) is 0 Å². The second kappa shape index (κ2) is 10.7. The van der Waals surface area contributed by atoms with Crippen LogP contribution >= 0.6 is 0 Å². The molecule has 4 rings (SSSR count). The molecule has 1 saturated heterocycles. The molecule has 10 heteroatoms. The van der Waals surface area contributed by atoms with Crippen molar-refractivity contribution in [2.45, 2.75) is 82.7 Å². The Morgan fingerprint density at radius 1 is 1.06 bits per heavy atom. The van der Waals surface area contributed by atoms with Crippen LogP contribution in [0.2, 0.25) is 0 Å². The number of aromatic nitrogens is 2. The van der Waals surface area contributed by atoms with E-state index in [1.807, 2.05) is 0 Å². The second-order valence-electron chi connectivity index (χ2n) is 10.4. The number of anilines is 2. The van der Waals surface area contributed by atoms with E-state index in [1.165, 1.54) is 6.07 Å². The van der Waals surface area contributed by atoms with Gasteiger partial charge in [0.15, 0.2) is 0 Å². The molecule has 0 amide bonds. The summed E-state index contributed by atoms with van der Waals surface area (Å²) in [6.45, 7) is 7.12. The summed E-state index contributed by atoms with van der Waals surface area (Å²) in [5.74, 6) is 0.908. The van der Waals surface area contributed by atoms with Crippen molar-refractivity contribution >= 4 is 21.7 Å². The molecule has 6 nitrogen and oxygen atoms in total. The van der Waals surface area contributed by atoms with Gasteiger partial charge in [-0.15, -0.1) is 0 Å². The Bertz CT molecular complexity index is 1170. The SMILES string of the molecule is Cc1cc(S(=O)(=O)N2CCC(C(C)C)CC2)ccc1Nc1ncc(C(F)(F)F)c(C2CCCCC2)n1. The Labute approximate surface area is 211 Å². The van der Waals surface area contributed by atoms with E-state index in [9.17, 15) is 21.6 Å². The molecule has 0 spiro atoms. The van der Waals surface area contributed by atoms with E-state index in [-0.39, 0.29) is 22.5 Å². The number of alkyl halides is 3. The monoisotopic (exact) mass is 524 g/mol. The number of sulfonamides is 1. The molecular formula is C26H35F3N4O2S. The largest absolute Gasteiger partial charge is 0.419 e. The third-order valence-corrected chi connectivity index (χ3v) is 9.53. The third-order valence-electron chi connectivity index (χ3n) is 7.64. The van der Waals surface area contributed by atoms with Crippen LogP contribution in [0.4, 0.5) is 24.8 Å². The van der Waals surface area contributed by atoms with Crippen LogP contribution in [0, 0.1) is 18.8 Å². The van der Waals surface area contributed by atoms with Crippen LogP contribution in [-0.4, -0.2) is 35.8 Å². The van der Waals surface area contributed by atoms with Crippen LogP contribution in [0.15, 0.2) is 29.3 Å². The Balaban J connectivity index is 1.54. The molecule has 2 fully saturated rings. The number of rotatable bonds is 6. The van der Waals surface area contributed by atoms with Crippen molar-refractivity contribution < 1.29 is 21.6 Å². The van der Waals surface area contributed by atoms with E-state index in [2.05, 4.69) is 29.1 Å². The molecule has 1 N–H and O–H groups in total. The van der Waals surface area contributed by atoms with Crippen LogP contribution in [0.5, 0.6) is 0 Å². The fraction of sp³-hybridized carbons (Fsp3) is 0.615. The average Bonchev–Trinajstić information content (AvgIpc) is 2.85. The predicted octanol–water partition coefficient (Wildman–Crippen LogP) is 6.65. The molecule has 2 heterocycles. The number of nitrogens with zero attached hydrogens (tertiary/aromatic N) is 3. The fourth-order valence-electron chi connectivity index (χ4n) is 5.35. The number of piperidine rings is 1. The highest BCUT2D eigenvalue weighted by molar-refractivity contribution is 7.89. The molecule has 0 atom stereocenters. The minimum absolute atomic E-state index is 0.0429. The average molecular weight is 525 g/mol. The smallest absolute Gasteiger partial charge is 0.324 e. The van der Waals surface area contributed by atoms with Crippen molar-refractivity contribution in [1.29, 1.82) is 0 Å². The van der Waals surface area contributed by atoms with Gasteiger partial charge >= 0.3 is 6.18 Å². The van der Waals surface area contributed by atoms with Gasteiger partial charge in [-0.25, -0.2) is 18.4 Å². The molecule has 0 bridgehead atoms. The molecule has 36 heavy (non-hydrogen) atoms. The van der Waals surface area contributed by atoms with Gasteiger partial charge in [-0.1, -0.05) is 33.1 Å². The quantitative estimate of drug-likeness (QED) is 0.458. The zero-order chi connectivity index (χ0) is 26.1. The maximum atomic E-state index is 13.6. The highest BCUT2D eigenvalue weighted by Crippen LogP contribution is 2.40. The summed E-state index contributed by atoms with van der Waals surface area (Å²) in [5, 5.41) is 3.01. The van der Waals surface area contributed by atoms with Crippen LogP contribution in [0.25, 0.3) is 0 Å². The van der Waals surface area contributed by atoms with Crippen LogP contribution in [-0.2, 0) is 16.2 Å². The highest BCUT2D eigenvalue weighted by Gasteiger charge is 2.37. The van der Waals surface area contributed by atoms with Crippen LogP contribution in [0.1, 0.15) is 81.5 Å². The van der Waals surface area contributed by atoms with Gasteiger partial charge in [0.1, 0.15) is 0 Å². The van der Waals surface area contributed by atoms with Crippen molar-refractivity contribution in [1.82, 2.24) is 14.3 Å². The molecule has 198 valence electrons. The van der Waals surface area contributed by atoms with E-state index >= 15 is 0 Å². The van der Waals surface area contributed by atoms with Crippen molar-refractivity contribution in [3.63, 3.8) is 0 Å². The summed E-state index contributed by atoms with van der Waals surface area (Å²) in [4.78, 5) is 8.44. The number of benzene rings is 1. The predicted molar refractivity (Wildman–Crippen MR) is 134 cm³/mol. The maximum absolute atomic E-state index is 13.6. The lowest BCUT2D eigenvalue weighted by molar-refractivity contribution is -0.139. The number of nitrogens with one attached hydrogen (secondary N) is 1. The summed E-state index contributed by atoms with van der Waals surface area (Å²) in [5.41, 5.74) is 0.471. The third kappa shape index (κ3) is 5.85. The first-order chi connectivity index (χ1) is 17.0. The van der Waals surface area contributed by atoms with Gasteiger partial charge in [-0.2, -0.15) is 17.5 Å². The van der Waals surface area contributed by atoms with Crippen molar-refractivity contribution in [2.24, 2.45) is 11.8 Å². The Morgan fingerprint density at radius 3 is 2.31 bits per heavy atom. The standard InChI is InChI=1S/C26H35F3N4O2S/c1-17(2)19-11-13-33(14-12-19)36(34,35)21-9-10-23(18(3)15-21)31-25-30-16-22(26(27,28)29)24(32-25)20-7-5-4-6-8-20/h9-10,15-17,19-20H,4-8,11-14H2,1-3H3,(H,30,31,32). The van der Waals surface area contributed by atoms with Gasteiger partial charge in [-0.05, 0) is 68.2 Å². The van der Waals surface area contributed by atoms with E-state index in [0.29, 0.717) is 49.0 Å². The lowest BCUT2D eigenvalue weighted by atomic mass is 9.85. The van der Waals surface area contributed by atoms with Gasteiger partial charge in [0.05, 0.1) is 16.2 Å². The zero-order valence-electron chi connectivity index (χ0n) is 21.1.